The number of amides is 2. The fourth-order valence-corrected chi connectivity index (χ4v) is 3.23. The summed E-state index contributed by atoms with van der Waals surface area (Å²) in [6.45, 7) is 4.71. The van der Waals surface area contributed by atoms with E-state index in [1.54, 1.807) is 0 Å². The van der Waals surface area contributed by atoms with Gasteiger partial charge in [-0.2, -0.15) is 0 Å². The van der Waals surface area contributed by atoms with Crippen LogP contribution in [0.5, 0.6) is 0 Å². The second-order valence-electron chi connectivity index (χ2n) is 6.55. The number of aromatic nitrogens is 1. The van der Waals surface area contributed by atoms with Crippen molar-refractivity contribution in [1.29, 1.82) is 0 Å². The summed E-state index contributed by atoms with van der Waals surface area (Å²) in [5, 5.41) is 8.27. The number of aryl methyl sites for hydroxylation is 2. The Bertz CT molecular complexity index is 781. The van der Waals surface area contributed by atoms with Gasteiger partial charge in [0.15, 0.2) is 5.13 Å². The summed E-state index contributed by atoms with van der Waals surface area (Å²) >= 11 is 1.43. The number of anilines is 1. The summed E-state index contributed by atoms with van der Waals surface area (Å²) in [6.07, 6.45) is 3.02. The van der Waals surface area contributed by atoms with Crippen LogP contribution in [0.15, 0.2) is 23.6 Å². The maximum atomic E-state index is 12.0. The summed E-state index contributed by atoms with van der Waals surface area (Å²) in [7, 11) is 0. The van der Waals surface area contributed by atoms with E-state index in [1.807, 2.05) is 11.4 Å². The van der Waals surface area contributed by atoms with Crippen LogP contribution in [0.25, 0.3) is 11.3 Å². The third-order valence-corrected chi connectivity index (χ3v) is 5.14. The molecule has 0 saturated heterocycles. The minimum atomic E-state index is -0.0679. The molecule has 1 fully saturated rings. The number of carbonyl (C=O) groups is 2. The highest BCUT2D eigenvalue weighted by atomic mass is 32.1. The number of thiazole rings is 1. The first-order chi connectivity index (χ1) is 12.0. The van der Waals surface area contributed by atoms with E-state index in [9.17, 15) is 9.59 Å². The van der Waals surface area contributed by atoms with Crippen LogP contribution in [0, 0.1) is 19.8 Å². The average Bonchev–Trinajstić information content (AvgIpc) is 3.34. The second kappa shape index (κ2) is 7.78. The molecule has 1 aromatic heterocycles. The largest absolute Gasteiger partial charge is 0.356 e. The highest BCUT2D eigenvalue weighted by Crippen LogP contribution is 2.28. The summed E-state index contributed by atoms with van der Waals surface area (Å²) in [6, 6.07) is 6.24. The van der Waals surface area contributed by atoms with Gasteiger partial charge >= 0.3 is 0 Å². The van der Waals surface area contributed by atoms with Gasteiger partial charge in [0.25, 0.3) is 0 Å². The third kappa shape index (κ3) is 4.89. The maximum absolute atomic E-state index is 12.0. The monoisotopic (exact) mass is 357 g/mol. The summed E-state index contributed by atoms with van der Waals surface area (Å²) < 4.78 is 0. The SMILES string of the molecule is Cc1ccc(-c2csc(NC(=O)CCCNC(=O)C3CC3)n2)cc1C. The predicted octanol–water partition coefficient (Wildman–Crippen LogP) is 3.67. The van der Waals surface area contributed by atoms with E-state index in [4.69, 9.17) is 0 Å². The summed E-state index contributed by atoms with van der Waals surface area (Å²) in [4.78, 5) is 28.0. The van der Waals surface area contributed by atoms with Crippen LogP contribution in [0.2, 0.25) is 0 Å². The molecular formula is C19H23N3O2S. The van der Waals surface area contributed by atoms with Gasteiger partial charge in [-0.1, -0.05) is 12.1 Å². The van der Waals surface area contributed by atoms with E-state index in [0.29, 0.717) is 24.5 Å². The van der Waals surface area contributed by atoms with Crippen LogP contribution in [0.1, 0.15) is 36.8 Å². The van der Waals surface area contributed by atoms with Gasteiger partial charge in [0.2, 0.25) is 11.8 Å². The van der Waals surface area contributed by atoms with Crippen molar-refractivity contribution in [2.45, 2.75) is 39.5 Å². The van der Waals surface area contributed by atoms with Gasteiger partial charge in [-0.05, 0) is 50.3 Å². The van der Waals surface area contributed by atoms with Crippen molar-refractivity contribution in [1.82, 2.24) is 10.3 Å². The molecule has 6 heteroatoms. The van der Waals surface area contributed by atoms with Gasteiger partial charge in [-0.3, -0.25) is 9.59 Å². The fraction of sp³-hybridized carbons (Fsp3) is 0.421. The lowest BCUT2D eigenvalue weighted by molar-refractivity contribution is -0.122. The van der Waals surface area contributed by atoms with Crippen molar-refractivity contribution >= 4 is 28.3 Å². The molecule has 2 amide bonds. The van der Waals surface area contributed by atoms with Crippen molar-refractivity contribution in [2.75, 3.05) is 11.9 Å². The summed E-state index contributed by atoms with van der Waals surface area (Å²) in [5.74, 6) is 0.271. The number of nitrogens with zero attached hydrogens (tertiary/aromatic N) is 1. The molecule has 0 aliphatic heterocycles. The first-order valence-corrected chi connectivity index (χ1v) is 9.51. The highest BCUT2D eigenvalue weighted by molar-refractivity contribution is 7.14. The number of hydrogen-bond donors (Lipinski definition) is 2. The predicted molar refractivity (Wildman–Crippen MR) is 101 cm³/mol. The topological polar surface area (TPSA) is 71.1 Å². The van der Waals surface area contributed by atoms with Gasteiger partial charge < -0.3 is 10.6 Å². The van der Waals surface area contributed by atoms with Gasteiger partial charge in [0, 0.05) is 29.8 Å². The lowest BCUT2D eigenvalue weighted by Crippen LogP contribution is -2.26. The molecular weight excluding hydrogens is 334 g/mol. The molecule has 0 unspecified atom stereocenters. The minimum absolute atomic E-state index is 0.0679. The Kier molecular flexibility index (Phi) is 5.48. The fourth-order valence-electron chi connectivity index (χ4n) is 2.50. The Morgan fingerprint density at radius 3 is 2.76 bits per heavy atom. The highest BCUT2D eigenvalue weighted by Gasteiger charge is 2.28. The Balaban J connectivity index is 1.46. The number of carbonyl (C=O) groups excluding carboxylic acids is 2. The van der Waals surface area contributed by atoms with Gasteiger partial charge in [0.1, 0.15) is 0 Å². The molecule has 5 nitrogen and oxygen atoms in total. The van der Waals surface area contributed by atoms with Crippen LogP contribution < -0.4 is 10.6 Å². The molecule has 3 rings (SSSR count). The number of hydrogen-bond acceptors (Lipinski definition) is 4. The van der Waals surface area contributed by atoms with E-state index >= 15 is 0 Å². The first kappa shape index (κ1) is 17.6. The molecule has 2 aromatic rings. The van der Waals surface area contributed by atoms with E-state index in [0.717, 1.165) is 24.1 Å². The van der Waals surface area contributed by atoms with Gasteiger partial charge in [-0.15, -0.1) is 11.3 Å². The Labute approximate surface area is 151 Å². The van der Waals surface area contributed by atoms with Crippen LogP contribution >= 0.6 is 11.3 Å². The number of rotatable bonds is 7. The number of benzene rings is 1. The average molecular weight is 357 g/mol. The van der Waals surface area contributed by atoms with Crippen molar-refractivity contribution in [3.63, 3.8) is 0 Å². The number of nitrogens with one attached hydrogen (secondary N) is 2. The molecule has 2 N–H and O–H groups in total. The molecule has 1 aliphatic carbocycles. The van der Waals surface area contributed by atoms with Gasteiger partial charge in [0.05, 0.1) is 5.69 Å². The molecule has 0 radical (unpaired) electrons. The first-order valence-electron chi connectivity index (χ1n) is 8.63. The van der Waals surface area contributed by atoms with Gasteiger partial charge in [-0.25, -0.2) is 4.98 Å². The van der Waals surface area contributed by atoms with Crippen LogP contribution in [-0.4, -0.2) is 23.3 Å². The van der Waals surface area contributed by atoms with Crippen molar-refractivity contribution < 1.29 is 9.59 Å². The van der Waals surface area contributed by atoms with Crippen molar-refractivity contribution in [3.8, 4) is 11.3 Å². The zero-order valence-electron chi connectivity index (χ0n) is 14.6. The normalized spacial score (nSPS) is 13.5. The summed E-state index contributed by atoms with van der Waals surface area (Å²) in [5.41, 5.74) is 4.41. The van der Waals surface area contributed by atoms with E-state index in [1.165, 1.54) is 22.5 Å². The molecule has 132 valence electrons. The van der Waals surface area contributed by atoms with E-state index < -0.39 is 0 Å². The minimum Gasteiger partial charge on any atom is -0.356 e. The van der Waals surface area contributed by atoms with E-state index in [2.05, 4.69) is 41.6 Å². The zero-order valence-corrected chi connectivity index (χ0v) is 15.4. The van der Waals surface area contributed by atoms with Crippen LogP contribution in [0.3, 0.4) is 0 Å². The molecule has 25 heavy (non-hydrogen) atoms. The quantitative estimate of drug-likeness (QED) is 0.743. The molecule has 1 saturated carbocycles. The zero-order chi connectivity index (χ0) is 17.8. The second-order valence-corrected chi connectivity index (χ2v) is 7.41. The van der Waals surface area contributed by atoms with E-state index in [-0.39, 0.29) is 17.7 Å². The molecule has 0 atom stereocenters. The third-order valence-electron chi connectivity index (χ3n) is 4.38. The standard InChI is InChI=1S/C19H23N3O2S/c1-12-5-6-15(10-13(12)2)16-11-25-19(21-16)22-17(23)4-3-9-20-18(24)14-7-8-14/h5-6,10-11,14H,3-4,7-9H2,1-2H3,(H,20,24)(H,21,22,23). The van der Waals surface area contributed by atoms with Crippen molar-refractivity contribution in [2.24, 2.45) is 5.92 Å². The molecule has 1 aromatic carbocycles. The van der Waals surface area contributed by atoms with Crippen molar-refractivity contribution in [3.05, 3.63) is 34.7 Å². The molecule has 1 heterocycles. The molecule has 1 aliphatic rings. The molecule has 0 spiro atoms. The Hall–Kier alpha value is -2.21. The molecule has 0 bridgehead atoms. The Morgan fingerprint density at radius 1 is 1.24 bits per heavy atom. The Morgan fingerprint density at radius 2 is 2.04 bits per heavy atom. The lowest BCUT2D eigenvalue weighted by atomic mass is 10.1. The maximum Gasteiger partial charge on any atom is 0.226 e. The smallest absolute Gasteiger partial charge is 0.226 e. The van der Waals surface area contributed by atoms with Crippen LogP contribution in [-0.2, 0) is 9.59 Å². The lowest BCUT2D eigenvalue weighted by Gasteiger charge is -2.04. The van der Waals surface area contributed by atoms with Crippen LogP contribution in [0.4, 0.5) is 5.13 Å².